The zero-order valence-electron chi connectivity index (χ0n) is 14.1. The highest BCUT2D eigenvalue weighted by atomic mass is 19.4. The van der Waals surface area contributed by atoms with Crippen LogP contribution in [0.25, 0.3) is 0 Å². The molecule has 1 heterocycles. The predicted octanol–water partition coefficient (Wildman–Crippen LogP) is 0.341. The van der Waals surface area contributed by atoms with Crippen LogP contribution in [0.3, 0.4) is 0 Å². The summed E-state index contributed by atoms with van der Waals surface area (Å²) in [6.07, 6.45) is -5.11. The van der Waals surface area contributed by atoms with Crippen LogP contribution in [-0.4, -0.2) is 36.6 Å². The monoisotopic (exact) mass is 378 g/mol. The van der Waals surface area contributed by atoms with E-state index in [0.717, 1.165) is 0 Å². The third-order valence-electron chi connectivity index (χ3n) is 4.03. The van der Waals surface area contributed by atoms with Gasteiger partial charge in [-0.15, -0.1) is 0 Å². The van der Waals surface area contributed by atoms with Crippen LogP contribution in [0.2, 0.25) is 0 Å². The van der Waals surface area contributed by atoms with E-state index in [4.69, 9.17) is 4.74 Å². The quantitative estimate of drug-likeness (QED) is 0.718. The first-order valence-corrected chi connectivity index (χ1v) is 7.83. The molecule has 0 aromatic heterocycles. The van der Waals surface area contributed by atoms with E-state index in [0.29, 0.717) is 5.56 Å². The molecule has 0 unspecified atom stereocenters. The normalized spacial score (nSPS) is 19.3. The second-order valence-electron chi connectivity index (χ2n) is 5.72. The van der Waals surface area contributed by atoms with E-state index in [1.165, 1.54) is 37.4 Å². The number of carbonyl (C=O) groups is 2. The van der Waals surface area contributed by atoms with Crippen LogP contribution >= 0.6 is 0 Å². The van der Waals surface area contributed by atoms with Gasteiger partial charge in [0.15, 0.2) is 0 Å². The Kier molecular flexibility index (Phi) is 4.61. The number of rotatable bonds is 4. The molecule has 0 saturated carbocycles. The molecule has 1 aliphatic heterocycles. The number of ether oxygens (including phenoxy) is 1. The molecule has 6 nitrogen and oxygen atoms in total. The molecule has 27 heavy (non-hydrogen) atoms. The van der Waals surface area contributed by atoms with Crippen LogP contribution in [0.15, 0.2) is 54.6 Å². The Bertz CT molecular complexity index is 913. The van der Waals surface area contributed by atoms with Crippen molar-refractivity contribution in [3.8, 4) is 5.75 Å². The summed E-state index contributed by atoms with van der Waals surface area (Å²) in [7, 11) is 1.29. The number of methoxy groups -OCH3 is 1. The van der Waals surface area contributed by atoms with E-state index in [-0.39, 0.29) is 17.1 Å². The van der Waals surface area contributed by atoms with E-state index in [1.54, 1.807) is 29.6 Å². The van der Waals surface area contributed by atoms with Crippen molar-refractivity contribution >= 4 is 17.6 Å². The summed E-state index contributed by atoms with van der Waals surface area (Å²) in [6, 6.07) is 13.7. The largest absolute Gasteiger partial charge is 0.496 e. The molecule has 140 valence electrons. The molecule has 2 aromatic carbocycles. The average molecular weight is 378 g/mol. The topological polar surface area (TPSA) is 81.4 Å². The lowest BCUT2D eigenvalue weighted by molar-refractivity contribution is -0.580. The number of hydrogen-bond acceptors (Lipinski definition) is 3. The molecule has 0 fully saturated rings. The van der Waals surface area contributed by atoms with E-state index in [9.17, 15) is 22.8 Å². The Morgan fingerprint density at radius 3 is 2.37 bits per heavy atom. The molecule has 0 spiro atoms. The first kappa shape index (κ1) is 18.4. The van der Waals surface area contributed by atoms with Gasteiger partial charge in [0, 0.05) is 0 Å². The van der Waals surface area contributed by atoms with Crippen molar-refractivity contribution in [3.05, 3.63) is 65.7 Å². The standard InChI is InChI=1S/C18H14F3N3O3/c1-27-13-10-6-5-9-12(13)15(25)24-17(18(19,20)21)16(26)22-14(23-17)11-7-3-2-4-8-11/h2-10H,1H3,(H,24,25)(H,22,23,26)/p+1/t17-/m0/s1. The molecule has 0 saturated heterocycles. The van der Waals surface area contributed by atoms with Gasteiger partial charge >= 0.3 is 17.7 Å². The Morgan fingerprint density at radius 1 is 1.11 bits per heavy atom. The van der Waals surface area contributed by atoms with Gasteiger partial charge in [0.1, 0.15) is 5.75 Å². The summed E-state index contributed by atoms with van der Waals surface area (Å²) in [5.74, 6) is -2.62. The van der Waals surface area contributed by atoms with Gasteiger partial charge in [-0.2, -0.15) is 13.2 Å². The zero-order valence-corrected chi connectivity index (χ0v) is 14.1. The fraction of sp³-hybridized carbons (Fsp3) is 0.167. The Balaban J connectivity index is 2.03. The van der Waals surface area contributed by atoms with E-state index in [1.807, 2.05) is 0 Å². The Morgan fingerprint density at radius 2 is 1.74 bits per heavy atom. The van der Waals surface area contributed by atoms with Gasteiger partial charge in [-0.1, -0.05) is 30.3 Å². The summed E-state index contributed by atoms with van der Waals surface area (Å²) in [6.45, 7) is 0. The lowest BCUT2D eigenvalue weighted by Gasteiger charge is -2.24. The summed E-state index contributed by atoms with van der Waals surface area (Å²) in [4.78, 5) is 26.9. The fourth-order valence-electron chi connectivity index (χ4n) is 2.66. The minimum atomic E-state index is -5.11. The number of amidine groups is 1. The van der Waals surface area contributed by atoms with Crippen LogP contribution in [0.5, 0.6) is 5.75 Å². The summed E-state index contributed by atoms with van der Waals surface area (Å²) in [5, 5.41) is 3.94. The summed E-state index contributed by atoms with van der Waals surface area (Å²) in [5.41, 5.74) is -3.11. The van der Waals surface area contributed by atoms with Crippen LogP contribution < -0.4 is 20.4 Å². The molecule has 1 aliphatic rings. The van der Waals surface area contributed by atoms with Gasteiger partial charge in [-0.25, -0.2) is 15.1 Å². The number of amides is 2. The first-order chi connectivity index (χ1) is 12.8. The average Bonchev–Trinajstić information content (AvgIpc) is 3.00. The fourth-order valence-corrected chi connectivity index (χ4v) is 2.66. The lowest BCUT2D eigenvalue weighted by Crippen LogP contribution is -2.96. The van der Waals surface area contributed by atoms with Crippen LogP contribution in [-0.2, 0) is 4.79 Å². The van der Waals surface area contributed by atoms with Crippen LogP contribution in [0.1, 0.15) is 15.9 Å². The van der Waals surface area contributed by atoms with Crippen LogP contribution in [0, 0.1) is 0 Å². The predicted molar refractivity (Wildman–Crippen MR) is 88.9 cm³/mol. The number of nitrogens with one attached hydrogen (secondary N) is 3. The van der Waals surface area contributed by atoms with Crippen molar-refractivity contribution < 1.29 is 32.5 Å². The molecular formula is C18H15F3N3O3+. The molecule has 0 radical (unpaired) electrons. The maximum absolute atomic E-state index is 13.8. The van der Waals surface area contributed by atoms with E-state index >= 15 is 0 Å². The third kappa shape index (κ3) is 3.23. The van der Waals surface area contributed by atoms with Crippen molar-refractivity contribution in [2.24, 2.45) is 0 Å². The molecule has 0 aliphatic carbocycles. The molecule has 3 N–H and O–H groups in total. The molecular weight excluding hydrogens is 363 g/mol. The van der Waals surface area contributed by atoms with Crippen molar-refractivity contribution in [2.75, 3.05) is 7.11 Å². The lowest BCUT2D eigenvalue weighted by atomic mass is 10.1. The molecule has 0 bridgehead atoms. The van der Waals surface area contributed by atoms with Crippen molar-refractivity contribution in [2.45, 2.75) is 11.8 Å². The number of para-hydroxylation sites is 1. The number of halogens is 3. The van der Waals surface area contributed by atoms with E-state index in [2.05, 4.69) is 10.3 Å². The highest BCUT2D eigenvalue weighted by Crippen LogP contribution is 2.28. The SMILES string of the molecule is COc1ccccc1C(=O)N[C@@]1(C(F)(F)F)[NH+]=C(c2ccccc2)NC1=O. The van der Waals surface area contributed by atoms with E-state index < -0.39 is 23.7 Å². The highest BCUT2D eigenvalue weighted by Gasteiger charge is 2.70. The van der Waals surface area contributed by atoms with Gasteiger partial charge in [-0.05, 0) is 24.3 Å². The second kappa shape index (κ2) is 6.75. The molecule has 3 rings (SSSR count). The first-order valence-electron chi connectivity index (χ1n) is 7.83. The maximum Gasteiger partial charge on any atom is 0.465 e. The highest BCUT2D eigenvalue weighted by molar-refractivity contribution is 6.12. The van der Waals surface area contributed by atoms with Gasteiger partial charge in [-0.3, -0.25) is 10.1 Å². The van der Waals surface area contributed by atoms with Gasteiger partial charge in [0.05, 0.1) is 18.2 Å². The number of alkyl halides is 3. The molecule has 2 aromatic rings. The second-order valence-corrected chi connectivity index (χ2v) is 5.72. The van der Waals surface area contributed by atoms with Gasteiger partial charge in [0.25, 0.3) is 11.7 Å². The zero-order chi connectivity index (χ0) is 19.7. The number of carbonyl (C=O) groups excluding carboxylic acids is 2. The maximum atomic E-state index is 13.8. The summed E-state index contributed by atoms with van der Waals surface area (Å²) >= 11 is 0. The van der Waals surface area contributed by atoms with Crippen molar-refractivity contribution in [3.63, 3.8) is 0 Å². The van der Waals surface area contributed by atoms with Crippen molar-refractivity contribution in [1.82, 2.24) is 10.6 Å². The molecule has 2 amide bonds. The third-order valence-corrected chi connectivity index (χ3v) is 4.03. The minimum Gasteiger partial charge on any atom is -0.496 e. The smallest absolute Gasteiger partial charge is 0.465 e. The van der Waals surface area contributed by atoms with Gasteiger partial charge in [0.2, 0.25) is 0 Å². The van der Waals surface area contributed by atoms with Crippen LogP contribution in [0.4, 0.5) is 13.2 Å². The van der Waals surface area contributed by atoms with Gasteiger partial charge < -0.3 is 4.74 Å². The molecule has 9 heteroatoms. The number of benzene rings is 2. The number of hydrogen-bond donors (Lipinski definition) is 3. The Labute approximate surface area is 152 Å². The summed E-state index contributed by atoms with van der Waals surface area (Å²) < 4.78 is 46.5. The Hall–Kier alpha value is -3.36. The minimum absolute atomic E-state index is 0.0815. The van der Waals surface area contributed by atoms with Crippen molar-refractivity contribution in [1.29, 1.82) is 0 Å². The molecule has 1 atom stereocenters.